The molecular weight excluding hydrogens is 349 g/mol. The summed E-state index contributed by atoms with van der Waals surface area (Å²) in [5, 5.41) is 0.720. The number of benzene rings is 2. The molecule has 6 heteroatoms. The highest BCUT2D eigenvalue weighted by Crippen LogP contribution is 2.27. The van der Waals surface area contributed by atoms with Crippen LogP contribution in [0.25, 0.3) is 10.9 Å². The standard InChI is InChI=1S/C21H18FNO4/c1-3-27-20(24)18-16(12-13-8-10-14(22)11-9-13)15-6-4-5-7-17(15)23-19(18)21(25)26-2/h4-11H,3,12H2,1-2H3. The lowest BCUT2D eigenvalue weighted by molar-refractivity contribution is 0.0500. The van der Waals surface area contributed by atoms with Gasteiger partial charge in [0.15, 0.2) is 5.69 Å². The van der Waals surface area contributed by atoms with Gasteiger partial charge in [-0.3, -0.25) is 0 Å². The van der Waals surface area contributed by atoms with Crippen LogP contribution < -0.4 is 0 Å². The lowest BCUT2D eigenvalue weighted by Crippen LogP contribution is -2.18. The maximum Gasteiger partial charge on any atom is 0.357 e. The monoisotopic (exact) mass is 367 g/mol. The number of halogens is 1. The Morgan fingerprint density at radius 2 is 1.74 bits per heavy atom. The molecule has 1 heterocycles. The second-order valence-electron chi connectivity index (χ2n) is 5.85. The minimum Gasteiger partial charge on any atom is -0.464 e. The molecule has 3 rings (SSSR count). The number of pyridine rings is 1. The smallest absolute Gasteiger partial charge is 0.357 e. The van der Waals surface area contributed by atoms with Gasteiger partial charge in [0.1, 0.15) is 5.82 Å². The normalized spacial score (nSPS) is 10.6. The zero-order valence-corrected chi connectivity index (χ0v) is 15.0. The van der Waals surface area contributed by atoms with Gasteiger partial charge in [-0.15, -0.1) is 0 Å². The summed E-state index contributed by atoms with van der Waals surface area (Å²) in [6.07, 6.45) is 0.307. The largest absolute Gasteiger partial charge is 0.464 e. The first kappa shape index (κ1) is 18.5. The number of hydrogen-bond acceptors (Lipinski definition) is 5. The Balaban J connectivity index is 2.28. The first-order chi connectivity index (χ1) is 13.0. The van der Waals surface area contributed by atoms with E-state index in [1.807, 2.05) is 12.1 Å². The number of rotatable bonds is 5. The van der Waals surface area contributed by atoms with Crippen molar-refractivity contribution in [2.75, 3.05) is 13.7 Å². The van der Waals surface area contributed by atoms with Crippen molar-refractivity contribution in [1.82, 2.24) is 4.98 Å². The van der Waals surface area contributed by atoms with Gasteiger partial charge >= 0.3 is 11.9 Å². The maximum absolute atomic E-state index is 13.3. The molecule has 0 N–H and O–H groups in total. The van der Waals surface area contributed by atoms with Crippen LogP contribution in [0.2, 0.25) is 0 Å². The summed E-state index contributed by atoms with van der Waals surface area (Å²) in [6, 6.07) is 13.2. The summed E-state index contributed by atoms with van der Waals surface area (Å²) in [5.41, 5.74) is 1.92. The molecule has 0 saturated carbocycles. The fraction of sp³-hybridized carbons (Fsp3) is 0.190. The molecule has 0 spiro atoms. The van der Waals surface area contributed by atoms with Crippen LogP contribution in [-0.2, 0) is 15.9 Å². The van der Waals surface area contributed by atoms with E-state index in [1.165, 1.54) is 19.2 Å². The Morgan fingerprint density at radius 3 is 2.41 bits per heavy atom. The molecule has 0 aliphatic heterocycles. The van der Waals surface area contributed by atoms with Crippen LogP contribution in [0.5, 0.6) is 0 Å². The van der Waals surface area contributed by atoms with Crippen LogP contribution in [0, 0.1) is 5.82 Å². The number of esters is 2. The van der Waals surface area contributed by atoms with E-state index in [0.29, 0.717) is 17.5 Å². The van der Waals surface area contributed by atoms with Gasteiger partial charge in [-0.2, -0.15) is 0 Å². The number of hydrogen-bond donors (Lipinski definition) is 0. The number of carbonyl (C=O) groups excluding carboxylic acids is 2. The van der Waals surface area contributed by atoms with Crippen molar-refractivity contribution in [3.8, 4) is 0 Å². The first-order valence-corrected chi connectivity index (χ1v) is 8.46. The molecule has 27 heavy (non-hydrogen) atoms. The lowest BCUT2D eigenvalue weighted by atomic mass is 9.94. The number of aromatic nitrogens is 1. The van der Waals surface area contributed by atoms with Crippen molar-refractivity contribution in [2.24, 2.45) is 0 Å². The molecule has 0 aliphatic carbocycles. The van der Waals surface area contributed by atoms with Crippen LogP contribution in [-0.4, -0.2) is 30.6 Å². The lowest BCUT2D eigenvalue weighted by Gasteiger charge is -2.15. The third-order valence-corrected chi connectivity index (χ3v) is 4.15. The summed E-state index contributed by atoms with van der Waals surface area (Å²) in [4.78, 5) is 29.3. The molecule has 0 bridgehead atoms. The van der Waals surface area contributed by atoms with Crippen LogP contribution in [0.15, 0.2) is 48.5 Å². The van der Waals surface area contributed by atoms with Crippen molar-refractivity contribution in [1.29, 1.82) is 0 Å². The average molecular weight is 367 g/mol. The molecule has 138 valence electrons. The number of nitrogens with zero attached hydrogens (tertiary/aromatic N) is 1. The van der Waals surface area contributed by atoms with E-state index in [1.54, 1.807) is 31.2 Å². The number of methoxy groups -OCH3 is 1. The number of carbonyl (C=O) groups is 2. The Labute approximate surface area is 155 Å². The molecule has 5 nitrogen and oxygen atoms in total. The highest BCUT2D eigenvalue weighted by atomic mass is 19.1. The van der Waals surface area contributed by atoms with E-state index in [9.17, 15) is 14.0 Å². The first-order valence-electron chi connectivity index (χ1n) is 8.46. The highest BCUT2D eigenvalue weighted by molar-refractivity contribution is 6.07. The van der Waals surface area contributed by atoms with Gasteiger partial charge in [0, 0.05) is 5.39 Å². The molecule has 1 aromatic heterocycles. The minimum absolute atomic E-state index is 0.0757. The molecule has 0 radical (unpaired) electrons. The number of fused-ring (bicyclic) bond motifs is 1. The summed E-state index contributed by atoms with van der Waals surface area (Å²) in [5.74, 6) is -1.71. The van der Waals surface area contributed by atoms with Crippen molar-refractivity contribution in [3.63, 3.8) is 0 Å². The van der Waals surface area contributed by atoms with Gasteiger partial charge in [-0.05, 0) is 42.7 Å². The third-order valence-electron chi connectivity index (χ3n) is 4.15. The van der Waals surface area contributed by atoms with E-state index in [2.05, 4.69) is 4.98 Å². The Hall–Kier alpha value is -3.28. The van der Waals surface area contributed by atoms with Crippen LogP contribution >= 0.6 is 0 Å². The summed E-state index contributed by atoms with van der Waals surface area (Å²) in [6.45, 7) is 1.84. The zero-order valence-electron chi connectivity index (χ0n) is 15.0. The molecular formula is C21H18FNO4. The predicted molar refractivity (Wildman–Crippen MR) is 98.2 cm³/mol. The van der Waals surface area contributed by atoms with E-state index in [-0.39, 0.29) is 23.7 Å². The average Bonchev–Trinajstić information content (AvgIpc) is 2.68. The van der Waals surface area contributed by atoms with Crippen LogP contribution in [0.1, 0.15) is 38.9 Å². The van der Waals surface area contributed by atoms with Gasteiger partial charge in [-0.1, -0.05) is 30.3 Å². The van der Waals surface area contributed by atoms with Gasteiger partial charge in [0.25, 0.3) is 0 Å². The van der Waals surface area contributed by atoms with Crippen molar-refractivity contribution >= 4 is 22.8 Å². The Kier molecular flexibility index (Phi) is 5.45. The molecule has 2 aromatic carbocycles. The third kappa shape index (κ3) is 3.79. The van der Waals surface area contributed by atoms with E-state index in [0.717, 1.165) is 10.9 Å². The summed E-state index contributed by atoms with van der Waals surface area (Å²) >= 11 is 0. The van der Waals surface area contributed by atoms with Crippen LogP contribution in [0.3, 0.4) is 0 Å². The summed E-state index contributed by atoms with van der Waals surface area (Å²) in [7, 11) is 1.23. The second kappa shape index (κ2) is 7.95. The quantitative estimate of drug-likeness (QED) is 0.640. The van der Waals surface area contributed by atoms with E-state index < -0.39 is 11.9 Å². The molecule has 0 aliphatic rings. The fourth-order valence-electron chi connectivity index (χ4n) is 2.94. The highest BCUT2D eigenvalue weighted by Gasteiger charge is 2.26. The molecule has 0 unspecified atom stereocenters. The Bertz CT molecular complexity index is 999. The minimum atomic E-state index is -0.718. The van der Waals surface area contributed by atoms with Crippen LogP contribution in [0.4, 0.5) is 4.39 Å². The SMILES string of the molecule is CCOC(=O)c1c(C(=O)OC)nc2ccccc2c1Cc1ccc(F)cc1. The Morgan fingerprint density at radius 1 is 1.04 bits per heavy atom. The number of para-hydroxylation sites is 1. The molecule has 3 aromatic rings. The topological polar surface area (TPSA) is 65.5 Å². The van der Waals surface area contributed by atoms with Crippen molar-refractivity contribution in [3.05, 3.63) is 76.7 Å². The second-order valence-corrected chi connectivity index (χ2v) is 5.85. The van der Waals surface area contributed by atoms with Gasteiger partial charge in [0.2, 0.25) is 0 Å². The van der Waals surface area contributed by atoms with Crippen molar-refractivity contribution in [2.45, 2.75) is 13.3 Å². The van der Waals surface area contributed by atoms with E-state index >= 15 is 0 Å². The molecule has 0 amide bonds. The zero-order chi connectivity index (χ0) is 19.4. The van der Waals surface area contributed by atoms with Crippen molar-refractivity contribution < 1.29 is 23.5 Å². The van der Waals surface area contributed by atoms with E-state index in [4.69, 9.17) is 9.47 Å². The molecule has 0 fully saturated rings. The predicted octanol–water partition coefficient (Wildman–Crippen LogP) is 3.93. The summed E-state index contributed by atoms with van der Waals surface area (Å²) < 4.78 is 23.2. The molecule has 0 saturated heterocycles. The fourth-order valence-corrected chi connectivity index (χ4v) is 2.94. The maximum atomic E-state index is 13.3. The molecule has 0 atom stereocenters. The van der Waals surface area contributed by atoms with Gasteiger partial charge < -0.3 is 9.47 Å². The van der Waals surface area contributed by atoms with Gasteiger partial charge in [0.05, 0.1) is 24.8 Å². The van der Waals surface area contributed by atoms with Gasteiger partial charge in [-0.25, -0.2) is 19.0 Å². The number of ether oxygens (including phenoxy) is 2.